The molecule has 3 atom stereocenters. The van der Waals surface area contributed by atoms with Crippen molar-refractivity contribution in [1.82, 2.24) is 29.3 Å². The lowest BCUT2D eigenvalue weighted by Crippen LogP contribution is -2.71. The number of nitrogens with one attached hydrogen (secondary N) is 2. The van der Waals surface area contributed by atoms with E-state index in [-0.39, 0.29) is 29.0 Å². The van der Waals surface area contributed by atoms with Crippen molar-refractivity contribution < 1.29 is 43.2 Å². The summed E-state index contributed by atoms with van der Waals surface area (Å²) in [5, 5.41) is 29.8. The Hall–Kier alpha value is -4.14. The first-order valence-electron chi connectivity index (χ1n) is 12.1. The number of carboxylic acid groups (broad SMARTS) is 1. The Bertz CT molecular complexity index is 1600. The summed E-state index contributed by atoms with van der Waals surface area (Å²) < 4.78 is 19.9. The fraction of sp³-hybridized carbons (Fsp3) is 0.364. The summed E-state index contributed by atoms with van der Waals surface area (Å²) in [7, 11) is 0. The lowest BCUT2D eigenvalue weighted by Gasteiger charge is -2.49. The SMILES string of the molecule is Nc1nc(/C(=N/OCCF)C(=O)N[C@@H]2C(=O)N3C(C(=O)O)=C(C[n+]4cc5sccn5c4[C@H](CO)NC=O)CS[C@H]23)ns1. The molecule has 3 amide bonds. The average Bonchev–Trinajstić information content (AvgIpc) is 3.69. The maximum absolute atomic E-state index is 13.2. The maximum Gasteiger partial charge on any atom is 0.352 e. The van der Waals surface area contributed by atoms with Crippen LogP contribution in [0.2, 0.25) is 0 Å². The normalized spacial score (nSPS) is 19.3. The van der Waals surface area contributed by atoms with Crippen molar-refractivity contribution in [2.24, 2.45) is 5.16 Å². The number of nitrogens with zero attached hydrogens (tertiary/aromatic N) is 6. The van der Waals surface area contributed by atoms with E-state index in [0.717, 1.165) is 21.3 Å². The molecule has 0 spiro atoms. The number of carbonyl (C=O) groups is 4. The number of aromatic nitrogens is 4. The number of oxime groups is 1. The van der Waals surface area contributed by atoms with Crippen LogP contribution in [0.15, 0.2) is 34.2 Å². The third-order valence-electron chi connectivity index (χ3n) is 6.30. The number of nitrogens with two attached hydrogens (primary N) is 1. The zero-order chi connectivity index (χ0) is 30.0. The minimum absolute atomic E-state index is 0.0461. The second-order valence-corrected chi connectivity index (χ2v) is 11.6. The van der Waals surface area contributed by atoms with E-state index >= 15 is 0 Å². The highest BCUT2D eigenvalue weighted by Gasteiger charge is 2.55. The Morgan fingerprint density at radius 2 is 2.24 bits per heavy atom. The van der Waals surface area contributed by atoms with E-state index in [1.807, 2.05) is 5.38 Å². The number of hydrogen-bond donors (Lipinski definition) is 5. The van der Waals surface area contributed by atoms with Crippen LogP contribution in [0, 0.1) is 0 Å². The molecule has 0 aliphatic carbocycles. The smallest absolute Gasteiger partial charge is 0.352 e. The van der Waals surface area contributed by atoms with Crippen molar-refractivity contribution in [3.63, 3.8) is 0 Å². The number of rotatable bonds is 13. The summed E-state index contributed by atoms with van der Waals surface area (Å²) in [5.41, 5.74) is 5.37. The van der Waals surface area contributed by atoms with Crippen molar-refractivity contribution in [3.05, 3.63) is 40.7 Å². The molecule has 0 aromatic carbocycles. The standard InChI is InChI=1S/C22H22FN9O7S3/c23-1-3-39-28-13(16-27-22(24)42-29-16)17(35)26-14-19(36)32-15(21(37)38)10(8-41-20(14)32)5-30-6-12-31(2-4-40-12)18(30)11(7-33)25-9-34/h2,4,6,9,11,14,20,33H,1,3,5,7-8H2,(H4-,24,25,26,27,29,34,35,37,38)/p+1/b28-13-/t11-,14+,20+/m0/s1. The quantitative estimate of drug-likeness (QED) is 0.0367. The zero-order valence-electron chi connectivity index (χ0n) is 21.4. The number of fused-ring (bicyclic) bond motifs is 2. The fourth-order valence-electron chi connectivity index (χ4n) is 4.58. The van der Waals surface area contributed by atoms with Gasteiger partial charge in [-0.3, -0.25) is 19.3 Å². The van der Waals surface area contributed by atoms with Gasteiger partial charge in [0, 0.05) is 28.2 Å². The van der Waals surface area contributed by atoms with Gasteiger partial charge in [-0.25, -0.2) is 13.8 Å². The van der Waals surface area contributed by atoms with Gasteiger partial charge in [-0.05, 0) is 0 Å². The minimum atomic E-state index is -1.33. The fourth-order valence-corrected chi connectivity index (χ4v) is 7.12. The number of thiazole rings is 1. The number of carbonyl (C=O) groups excluding carboxylic acids is 3. The number of hydrogen-bond acceptors (Lipinski definition) is 13. The van der Waals surface area contributed by atoms with Crippen molar-refractivity contribution >= 4 is 74.5 Å². The highest BCUT2D eigenvalue weighted by molar-refractivity contribution is 8.00. The largest absolute Gasteiger partial charge is 0.477 e. The van der Waals surface area contributed by atoms with E-state index in [9.17, 15) is 33.8 Å². The number of thioether (sulfide) groups is 1. The number of carboxylic acids is 1. The number of aliphatic hydroxyl groups excluding tert-OH is 1. The van der Waals surface area contributed by atoms with E-state index in [1.54, 1.807) is 21.4 Å². The lowest BCUT2D eigenvalue weighted by atomic mass is 10.0. The van der Waals surface area contributed by atoms with Gasteiger partial charge in [-0.15, -0.1) is 11.8 Å². The van der Waals surface area contributed by atoms with Gasteiger partial charge in [0.2, 0.25) is 22.8 Å². The Morgan fingerprint density at radius 3 is 2.90 bits per heavy atom. The van der Waals surface area contributed by atoms with Gasteiger partial charge in [0.15, 0.2) is 11.2 Å². The number of nitrogen functional groups attached to an aromatic ring is 1. The summed E-state index contributed by atoms with van der Waals surface area (Å²) >= 11 is 3.46. The molecule has 16 nitrogen and oxygen atoms in total. The van der Waals surface area contributed by atoms with Gasteiger partial charge in [0.1, 0.15) is 49.3 Å². The summed E-state index contributed by atoms with van der Waals surface area (Å²) in [6, 6.07) is -1.87. The van der Waals surface area contributed by atoms with Gasteiger partial charge in [-0.1, -0.05) is 16.5 Å². The highest BCUT2D eigenvalue weighted by Crippen LogP contribution is 2.40. The minimum Gasteiger partial charge on any atom is -0.477 e. The number of aliphatic hydroxyl groups is 1. The van der Waals surface area contributed by atoms with Crippen molar-refractivity contribution in [1.29, 1.82) is 0 Å². The van der Waals surface area contributed by atoms with Gasteiger partial charge >= 0.3 is 5.97 Å². The molecule has 3 aromatic heterocycles. The van der Waals surface area contributed by atoms with E-state index in [1.165, 1.54) is 23.1 Å². The molecule has 6 N–H and O–H groups in total. The number of aliphatic carboxylic acids is 1. The predicted octanol–water partition coefficient (Wildman–Crippen LogP) is -1.37. The number of β-lactam (4-membered cyclic amide) rings is 1. The van der Waals surface area contributed by atoms with Gasteiger partial charge in [-0.2, -0.15) is 13.8 Å². The highest BCUT2D eigenvalue weighted by atomic mass is 32.2. The lowest BCUT2D eigenvalue weighted by molar-refractivity contribution is -0.696. The molecule has 3 aromatic rings. The van der Waals surface area contributed by atoms with Crippen LogP contribution < -0.4 is 20.9 Å². The van der Waals surface area contributed by atoms with Crippen molar-refractivity contribution in [3.8, 4) is 0 Å². The summed E-state index contributed by atoms with van der Waals surface area (Å²) in [6.07, 6.45) is 4.00. The summed E-state index contributed by atoms with van der Waals surface area (Å²) in [4.78, 5) is 60.4. The number of imidazole rings is 1. The predicted molar refractivity (Wildman–Crippen MR) is 147 cm³/mol. The van der Waals surface area contributed by atoms with Gasteiger partial charge in [0.25, 0.3) is 17.6 Å². The molecule has 5 rings (SSSR count). The first kappa shape index (κ1) is 29.4. The van der Waals surface area contributed by atoms with Crippen LogP contribution in [0.1, 0.15) is 17.7 Å². The van der Waals surface area contributed by atoms with Crippen LogP contribution in [0.5, 0.6) is 0 Å². The molecule has 0 saturated carbocycles. The average molecular weight is 641 g/mol. The second-order valence-electron chi connectivity index (χ2n) is 8.78. The van der Waals surface area contributed by atoms with E-state index in [4.69, 9.17) is 10.6 Å². The third kappa shape index (κ3) is 5.40. The number of anilines is 1. The molecule has 20 heteroatoms. The van der Waals surface area contributed by atoms with Crippen LogP contribution in [0.3, 0.4) is 0 Å². The third-order valence-corrected chi connectivity index (χ3v) is 8.98. The van der Waals surface area contributed by atoms with Crippen LogP contribution in [0.25, 0.3) is 4.83 Å². The Labute approximate surface area is 247 Å². The molecule has 222 valence electrons. The molecule has 0 radical (unpaired) electrons. The number of alkyl halides is 1. The molecule has 5 heterocycles. The Kier molecular flexibility index (Phi) is 8.66. The molecular weight excluding hydrogens is 617 g/mol. The van der Waals surface area contributed by atoms with Crippen LogP contribution in [-0.2, 0) is 30.6 Å². The zero-order valence-corrected chi connectivity index (χ0v) is 23.8. The van der Waals surface area contributed by atoms with Crippen molar-refractivity contribution in [2.45, 2.75) is 24.0 Å². The molecule has 0 unspecified atom stereocenters. The molecule has 0 bridgehead atoms. The molecule has 2 aliphatic heterocycles. The first-order valence-corrected chi connectivity index (χ1v) is 14.8. The molecule has 1 saturated heterocycles. The molecular formula is C22H23FN9O7S3+. The van der Waals surface area contributed by atoms with E-state index < -0.39 is 60.8 Å². The van der Waals surface area contributed by atoms with E-state index in [0.29, 0.717) is 17.8 Å². The van der Waals surface area contributed by atoms with Gasteiger partial charge in [0.05, 0.1) is 6.61 Å². The molecule has 2 aliphatic rings. The van der Waals surface area contributed by atoms with Crippen molar-refractivity contribution in [2.75, 3.05) is 31.4 Å². The maximum atomic E-state index is 13.2. The van der Waals surface area contributed by atoms with E-state index in [2.05, 4.69) is 25.1 Å². The first-order chi connectivity index (χ1) is 20.3. The topological polar surface area (TPSA) is 218 Å². The van der Waals surface area contributed by atoms with Crippen LogP contribution in [-0.4, -0.2) is 95.8 Å². The second kappa shape index (κ2) is 12.4. The summed E-state index contributed by atoms with van der Waals surface area (Å²) in [5.74, 6) is -2.33. The van der Waals surface area contributed by atoms with Crippen LogP contribution in [0.4, 0.5) is 9.52 Å². The van der Waals surface area contributed by atoms with Crippen LogP contribution >= 0.6 is 34.6 Å². The molecule has 1 fully saturated rings. The van der Waals surface area contributed by atoms with Gasteiger partial charge < -0.3 is 31.4 Å². The monoisotopic (exact) mass is 640 g/mol. The summed E-state index contributed by atoms with van der Waals surface area (Å²) in [6.45, 7) is -1.63. The Morgan fingerprint density at radius 1 is 1.43 bits per heavy atom. The number of halogens is 1. The Balaban J connectivity index is 1.39. The number of amides is 3. The molecule has 42 heavy (non-hydrogen) atoms.